The molecule has 0 aliphatic heterocycles. The summed E-state index contributed by atoms with van der Waals surface area (Å²) in [6, 6.07) is 0. The molecule has 0 aromatic heterocycles. The molecule has 0 atom stereocenters. The average molecular weight is 102 g/mol. The van der Waals surface area contributed by atoms with Gasteiger partial charge in [0.05, 0.1) is 0 Å². The van der Waals surface area contributed by atoms with E-state index in [1.165, 1.54) is 5.75 Å². The van der Waals surface area contributed by atoms with Crippen LogP contribution in [-0.2, 0) is 0 Å². The summed E-state index contributed by atoms with van der Waals surface area (Å²) >= 11 is 1.83. The van der Waals surface area contributed by atoms with Gasteiger partial charge in [-0.1, -0.05) is 13.0 Å². The Hall–Kier alpha value is 0.0900. The third-order valence-corrected chi connectivity index (χ3v) is 1.20. The van der Waals surface area contributed by atoms with E-state index in [-0.39, 0.29) is 0 Å². The maximum Gasteiger partial charge on any atom is -0.00546 e. The van der Waals surface area contributed by atoms with E-state index in [0.717, 1.165) is 0 Å². The van der Waals surface area contributed by atoms with Crippen LogP contribution in [0.3, 0.4) is 0 Å². The molecule has 36 valence electrons. The number of rotatable bonds is 2. The van der Waals surface area contributed by atoms with Gasteiger partial charge in [0.1, 0.15) is 0 Å². The maximum atomic E-state index is 2.14. The van der Waals surface area contributed by atoms with Gasteiger partial charge in [0.15, 0.2) is 0 Å². The topological polar surface area (TPSA) is 0 Å². The van der Waals surface area contributed by atoms with Crippen molar-refractivity contribution in [1.82, 2.24) is 0 Å². The molecule has 0 aliphatic rings. The second-order valence-electron chi connectivity index (χ2n) is 0.925. The summed E-state index contributed by atoms with van der Waals surface area (Å²) in [5, 5.41) is 2.10. The molecule has 0 bridgehead atoms. The molecule has 0 aromatic carbocycles. The van der Waals surface area contributed by atoms with Gasteiger partial charge >= 0.3 is 0 Å². The molecule has 0 nitrogen and oxygen atoms in total. The van der Waals surface area contributed by atoms with Crippen molar-refractivity contribution in [3.05, 3.63) is 11.5 Å². The highest BCUT2D eigenvalue weighted by Gasteiger charge is 1.64. The first-order valence-corrected chi connectivity index (χ1v) is 3.19. The molecule has 0 fully saturated rings. The first-order valence-electron chi connectivity index (χ1n) is 2.14. The lowest BCUT2D eigenvalue weighted by Crippen LogP contribution is -1.53. The fraction of sp³-hybridized carbons (Fsp3) is 0.600. The molecule has 1 heteroatoms. The summed E-state index contributed by atoms with van der Waals surface area (Å²) in [7, 11) is 0. The van der Waals surface area contributed by atoms with Crippen LogP contribution in [0.1, 0.15) is 13.8 Å². The van der Waals surface area contributed by atoms with Crippen molar-refractivity contribution < 1.29 is 0 Å². The Bertz CT molecular complexity index is 39.2. The second-order valence-corrected chi connectivity index (χ2v) is 2.11. The highest BCUT2D eigenvalue weighted by Crippen LogP contribution is 1.97. The number of hydrogen-bond acceptors (Lipinski definition) is 1. The summed E-state index contributed by atoms with van der Waals surface area (Å²) < 4.78 is 0. The Morgan fingerprint density at radius 3 is 2.50 bits per heavy atom. The lowest BCUT2D eigenvalue weighted by Gasteiger charge is -1.77. The van der Waals surface area contributed by atoms with Gasteiger partial charge in [-0.2, -0.15) is 0 Å². The Morgan fingerprint density at radius 2 is 2.33 bits per heavy atom. The third kappa shape index (κ3) is 4.09. The zero-order chi connectivity index (χ0) is 4.83. The molecule has 0 aliphatic carbocycles. The largest absolute Gasteiger partial charge is 0.135 e. The van der Waals surface area contributed by atoms with E-state index >= 15 is 0 Å². The predicted octanol–water partition coefficient (Wildman–Crippen LogP) is 2.27. The third-order valence-electron chi connectivity index (χ3n) is 0.399. The smallest absolute Gasteiger partial charge is 0.00546 e. The monoisotopic (exact) mass is 102 g/mol. The average Bonchev–Trinajstić information content (AvgIpc) is 1.61. The molecular formula is C5H10S. The van der Waals surface area contributed by atoms with Gasteiger partial charge in [0, 0.05) is 0 Å². The number of hydrogen-bond donors (Lipinski definition) is 0. The maximum absolute atomic E-state index is 2.14. The van der Waals surface area contributed by atoms with Crippen LogP contribution in [0.25, 0.3) is 0 Å². The number of allylic oxidation sites excluding steroid dienone is 1. The van der Waals surface area contributed by atoms with Gasteiger partial charge in [0.25, 0.3) is 0 Å². The predicted molar refractivity (Wildman–Crippen MR) is 32.9 cm³/mol. The quantitative estimate of drug-likeness (QED) is 0.515. The minimum Gasteiger partial charge on any atom is -0.135 e. The standard InChI is InChI=1S/C5H10S/c1-3-5-6-4-2/h3,5H,4H2,1-2H3/b5-3-. The Balaban J connectivity index is 2.66. The van der Waals surface area contributed by atoms with Gasteiger partial charge in [0.2, 0.25) is 0 Å². The van der Waals surface area contributed by atoms with Crippen molar-refractivity contribution in [3.63, 3.8) is 0 Å². The lowest BCUT2D eigenvalue weighted by atomic mass is 10.8. The van der Waals surface area contributed by atoms with Crippen LogP contribution in [0.2, 0.25) is 0 Å². The Morgan fingerprint density at radius 1 is 1.67 bits per heavy atom. The SMILES string of the molecule is C/C=C\SCC. The van der Waals surface area contributed by atoms with Crippen LogP contribution in [0.15, 0.2) is 11.5 Å². The molecule has 0 N–H and O–H groups in total. The van der Waals surface area contributed by atoms with E-state index in [2.05, 4.69) is 12.3 Å². The van der Waals surface area contributed by atoms with E-state index in [0.29, 0.717) is 0 Å². The van der Waals surface area contributed by atoms with Crippen molar-refractivity contribution in [1.29, 1.82) is 0 Å². The van der Waals surface area contributed by atoms with Crippen molar-refractivity contribution in [2.75, 3.05) is 5.75 Å². The highest BCUT2D eigenvalue weighted by molar-refractivity contribution is 8.02. The van der Waals surface area contributed by atoms with Crippen LogP contribution in [0, 0.1) is 0 Å². The van der Waals surface area contributed by atoms with Crippen molar-refractivity contribution in [3.8, 4) is 0 Å². The molecule has 0 unspecified atom stereocenters. The van der Waals surface area contributed by atoms with Gasteiger partial charge in [-0.15, -0.1) is 11.8 Å². The lowest BCUT2D eigenvalue weighted by molar-refractivity contribution is 1.53. The molecule has 0 radical (unpaired) electrons. The minimum absolute atomic E-state index is 1.18. The van der Waals surface area contributed by atoms with Gasteiger partial charge in [-0.25, -0.2) is 0 Å². The van der Waals surface area contributed by atoms with E-state index in [1.54, 1.807) is 0 Å². The van der Waals surface area contributed by atoms with Gasteiger partial charge in [-0.05, 0) is 18.1 Å². The van der Waals surface area contributed by atoms with E-state index < -0.39 is 0 Å². The van der Waals surface area contributed by atoms with Crippen molar-refractivity contribution in [2.24, 2.45) is 0 Å². The zero-order valence-corrected chi connectivity index (χ0v) is 5.09. The number of thioether (sulfide) groups is 1. The van der Waals surface area contributed by atoms with Crippen molar-refractivity contribution >= 4 is 11.8 Å². The zero-order valence-electron chi connectivity index (χ0n) is 4.27. The summed E-state index contributed by atoms with van der Waals surface area (Å²) in [6.45, 7) is 4.17. The van der Waals surface area contributed by atoms with Crippen molar-refractivity contribution in [2.45, 2.75) is 13.8 Å². The van der Waals surface area contributed by atoms with Crippen LogP contribution in [0.4, 0.5) is 0 Å². The Labute approximate surface area is 43.6 Å². The van der Waals surface area contributed by atoms with E-state index in [4.69, 9.17) is 0 Å². The molecule has 0 saturated heterocycles. The summed E-state index contributed by atoms with van der Waals surface area (Å²) in [5.41, 5.74) is 0. The van der Waals surface area contributed by atoms with Crippen LogP contribution in [-0.4, -0.2) is 5.75 Å². The minimum atomic E-state index is 1.18. The van der Waals surface area contributed by atoms with Gasteiger partial charge < -0.3 is 0 Å². The van der Waals surface area contributed by atoms with Crippen LogP contribution < -0.4 is 0 Å². The summed E-state index contributed by atoms with van der Waals surface area (Å²) in [4.78, 5) is 0. The first kappa shape index (κ1) is 6.09. The normalized spacial score (nSPS) is 10.3. The fourth-order valence-corrected chi connectivity index (χ4v) is 0.577. The van der Waals surface area contributed by atoms with Crippen LogP contribution >= 0.6 is 11.8 Å². The first-order chi connectivity index (χ1) is 2.91. The molecule has 0 heterocycles. The fourth-order valence-electron chi connectivity index (χ4n) is 0.192. The molecule has 0 amide bonds. The molecule has 0 rings (SSSR count). The summed E-state index contributed by atoms with van der Waals surface area (Å²) in [6.07, 6.45) is 2.05. The van der Waals surface area contributed by atoms with Gasteiger partial charge in [-0.3, -0.25) is 0 Å². The summed E-state index contributed by atoms with van der Waals surface area (Å²) in [5.74, 6) is 1.18. The molecule has 6 heavy (non-hydrogen) atoms. The van der Waals surface area contributed by atoms with Crippen LogP contribution in [0.5, 0.6) is 0 Å². The second kappa shape index (κ2) is 5.09. The molecule has 0 saturated carbocycles. The van der Waals surface area contributed by atoms with E-state index in [9.17, 15) is 0 Å². The van der Waals surface area contributed by atoms with E-state index in [1.807, 2.05) is 24.8 Å². The Kier molecular flexibility index (Phi) is 5.17. The molecule has 0 aromatic rings. The molecular weight excluding hydrogens is 92.1 g/mol. The molecule has 0 spiro atoms. The highest BCUT2D eigenvalue weighted by atomic mass is 32.2.